The number of phenolic OH excluding ortho intramolecular Hbond substituents is 1. The standard InChI is InChI=1S/C25H27ClFN7O2/c1-15-12-33(14-28)9-10-34(15)24-17-11-18(26)22(21-19(27)6-3-7-20(21)35)29-23(17)30-25(31-24)36-13-16-5-4-8-32(16)2/h3,6-7,11,15-16,35H,4-5,8-10,12-13H2,1-2H3/t15-,16-/m0/s1. The van der Waals surface area contributed by atoms with Crippen molar-refractivity contribution in [3.63, 3.8) is 0 Å². The number of pyridine rings is 1. The van der Waals surface area contributed by atoms with E-state index in [-0.39, 0.29) is 45.8 Å². The van der Waals surface area contributed by atoms with Crippen LogP contribution in [0.2, 0.25) is 5.02 Å². The van der Waals surface area contributed by atoms with E-state index < -0.39 is 5.82 Å². The van der Waals surface area contributed by atoms with Gasteiger partial charge in [-0.1, -0.05) is 17.7 Å². The summed E-state index contributed by atoms with van der Waals surface area (Å²) < 4.78 is 20.7. The van der Waals surface area contributed by atoms with Gasteiger partial charge in [-0.3, -0.25) is 0 Å². The zero-order valence-electron chi connectivity index (χ0n) is 20.2. The Kier molecular flexibility index (Phi) is 6.69. The quantitative estimate of drug-likeness (QED) is 0.514. The molecule has 188 valence electrons. The Labute approximate surface area is 213 Å². The van der Waals surface area contributed by atoms with Gasteiger partial charge in [-0.25, -0.2) is 9.37 Å². The molecule has 2 aliphatic rings. The average molecular weight is 512 g/mol. The topological polar surface area (TPSA) is 102 Å². The number of piperazine rings is 1. The van der Waals surface area contributed by atoms with Crippen molar-refractivity contribution in [1.82, 2.24) is 24.8 Å². The predicted octanol–water partition coefficient (Wildman–Crippen LogP) is 3.65. The molecule has 11 heteroatoms. The highest BCUT2D eigenvalue weighted by Gasteiger charge is 2.29. The first kappa shape index (κ1) is 24.3. The van der Waals surface area contributed by atoms with Crippen molar-refractivity contribution in [2.24, 2.45) is 0 Å². The lowest BCUT2D eigenvalue weighted by Crippen LogP contribution is -2.50. The third-order valence-electron chi connectivity index (χ3n) is 6.95. The molecule has 5 rings (SSSR count). The molecular formula is C25H27ClFN7O2. The maximum atomic E-state index is 14.7. The number of nitriles is 1. The average Bonchev–Trinajstić information content (AvgIpc) is 3.27. The summed E-state index contributed by atoms with van der Waals surface area (Å²) in [6, 6.07) is 6.12. The van der Waals surface area contributed by atoms with Gasteiger partial charge in [0.1, 0.15) is 24.0 Å². The SMILES string of the molecule is C[C@H]1CN(C#N)CCN1c1nc(OC[C@@H]2CCCN2C)nc2nc(-c3c(O)cccc3F)c(Cl)cc12. The second-order valence-electron chi connectivity index (χ2n) is 9.33. The van der Waals surface area contributed by atoms with Gasteiger partial charge in [0.05, 0.1) is 21.7 Å². The summed E-state index contributed by atoms with van der Waals surface area (Å²) in [6.45, 7) is 5.15. The highest BCUT2D eigenvalue weighted by molar-refractivity contribution is 6.34. The first-order chi connectivity index (χ1) is 17.4. The summed E-state index contributed by atoms with van der Waals surface area (Å²) in [6.07, 6.45) is 4.36. The van der Waals surface area contributed by atoms with Crippen LogP contribution in [0.1, 0.15) is 19.8 Å². The lowest BCUT2D eigenvalue weighted by Gasteiger charge is -2.38. The molecule has 0 unspecified atom stereocenters. The second-order valence-corrected chi connectivity index (χ2v) is 9.74. The number of anilines is 1. The number of halogens is 2. The van der Waals surface area contributed by atoms with Gasteiger partial charge < -0.3 is 24.5 Å². The van der Waals surface area contributed by atoms with E-state index in [1.165, 1.54) is 18.2 Å². The first-order valence-electron chi connectivity index (χ1n) is 12.0. The summed E-state index contributed by atoms with van der Waals surface area (Å²) in [5.74, 6) is -0.307. The fourth-order valence-electron chi connectivity index (χ4n) is 4.93. The Morgan fingerprint density at radius 3 is 2.78 bits per heavy atom. The Bertz CT molecular complexity index is 1310. The maximum absolute atomic E-state index is 14.7. The van der Waals surface area contributed by atoms with Crippen molar-refractivity contribution in [1.29, 1.82) is 5.26 Å². The van der Waals surface area contributed by atoms with Crippen LogP contribution in [-0.2, 0) is 0 Å². The van der Waals surface area contributed by atoms with E-state index in [0.29, 0.717) is 37.4 Å². The van der Waals surface area contributed by atoms with Crippen molar-refractivity contribution in [3.8, 4) is 29.2 Å². The number of aromatic nitrogens is 3. The van der Waals surface area contributed by atoms with Crippen molar-refractivity contribution < 1.29 is 14.2 Å². The number of hydrogen-bond acceptors (Lipinski definition) is 9. The fraction of sp³-hybridized carbons (Fsp3) is 0.440. The van der Waals surface area contributed by atoms with Crippen LogP contribution >= 0.6 is 11.6 Å². The van der Waals surface area contributed by atoms with E-state index in [1.807, 2.05) is 6.92 Å². The Morgan fingerprint density at radius 1 is 1.25 bits per heavy atom. The molecule has 2 aliphatic heterocycles. The second kappa shape index (κ2) is 9.91. The molecule has 2 aromatic heterocycles. The van der Waals surface area contributed by atoms with Crippen LogP contribution in [0.4, 0.5) is 10.2 Å². The summed E-state index contributed by atoms with van der Waals surface area (Å²) in [5.41, 5.74) is 0.288. The highest BCUT2D eigenvalue weighted by Crippen LogP contribution is 2.38. The van der Waals surface area contributed by atoms with Gasteiger partial charge in [-0.2, -0.15) is 15.2 Å². The zero-order chi connectivity index (χ0) is 25.4. The highest BCUT2D eigenvalue weighted by atomic mass is 35.5. The molecule has 0 bridgehead atoms. The number of rotatable bonds is 5. The lowest BCUT2D eigenvalue weighted by molar-refractivity contribution is 0.188. The van der Waals surface area contributed by atoms with Gasteiger partial charge in [-0.05, 0) is 51.6 Å². The van der Waals surface area contributed by atoms with Crippen LogP contribution in [0.5, 0.6) is 11.8 Å². The smallest absolute Gasteiger partial charge is 0.320 e. The molecule has 2 saturated heterocycles. The molecule has 1 N–H and O–H groups in total. The van der Waals surface area contributed by atoms with E-state index in [2.05, 4.69) is 33.0 Å². The van der Waals surface area contributed by atoms with Gasteiger partial charge in [-0.15, -0.1) is 0 Å². The summed E-state index contributed by atoms with van der Waals surface area (Å²) in [4.78, 5) is 19.9. The number of phenols is 1. The number of likely N-dealkylation sites (N-methyl/N-ethyl adjacent to an activating group) is 1. The molecular weight excluding hydrogens is 485 g/mol. The van der Waals surface area contributed by atoms with Crippen LogP contribution in [0, 0.1) is 17.3 Å². The molecule has 2 atom stereocenters. The Morgan fingerprint density at radius 2 is 2.08 bits per heavy atom. The van der Waals surface area contributed by atoms with E-state index in [0.717, 1.165) is 19.4 Å². The Balaban J connectivity index is 1.60. The van der Waals surface area contributed by atoms with Crippen LogP contribution in [0.25, 0.3) is 22.3 Å². The van der Waals surface area contributed by atoms with Crippen LogP contribution in [0.15, 0.2) is 24.3 Å². The van der Waals surface area contributed by atoms with Crippen molar-refractivity contribution in [2.75, 3.05) is 44.7 Å². The molecule has 0 amide bonds. The van der Waals surface area contributed by atoms with Gasteiger partial charge in [0, 0.05) is 31.7 Å². The number of ether oxygens (including phenoxy) is 1. The summed E-state index contributed by atoms with van der Waals surface area (Å²) in [7, 11) is 2.07. The van der Waals surface area contributed by atoms with Crippen LogP contribution in [0.3, 0.4) is 0 Å². The van der Waals surface area contributed by atoms with E-state index in [9.17, 15) is 14.8 Å². The van der Waals surface area contributed by atoms with Gasteiger partial charge in [0.2, 0.25) is 0 Å². The summed E-state index contributed by atoms with van der Waals surface area (Å²) >= 11 is 6.58. The normalized spacial score (nSPS) is 20.6. The monoisotopic (exact) mass is 511 g/mol. The molecule has 0 radical (unpaired) electrons. The number of fused-ring (bicyclic) bond motifs is 1. The number of nitrogens with zero attached hydrogens (tertiary/aromatic N) is 7. The number of hydrogen-bond donors (Lipinski definition) is 1. The third kappa shape index (κ3) is 4.56. The van der Waals surface area contributed by atoms with Gasteiger partial charge >= 0.3 is 6.01 Å². The van der Waals surface area contributed by atoms with Gasteiger partial charge in [0.25, 0.3) is 0 Å². The third-order valence-corrected chi connectivity index (χ3v) is 7.23. The van der Waals surface area contributed by atoms with Crippen LogP contribution < -0.4 is 9.64 Å². The molecule has 0 spiro atoms. The predicted molar refractivity (Wildman–Crippen MR) is 135 cm³/mol. The van der Waals surface area contributed by atoms with E-state index in [1.54, 1.807) is 11.0 Å². The molecule has 36 heavy (non-hydrogen) atoms. The van der Waals surface area contributed by atoms with Crippen molar-refractivity contribution in [2.45, 2.75) is 31.8 Å². The molecule has 4 heterocycles. The molecule has 3 aromatic rings. The number of benzene rings is 1. The molecule has 0 saturated carbocycles. The number of aromatic hydroxyl groups is 1. The van der Waals surface area contributed by atoms with E-state index in [4.69, 9.17) is 21.3 Å². The minimum absolute atomic E-state index is 0.0145. The Hall–Kier alpha value is -3.42. The molecule has 0 aliphatic carbocycles. The van der Waals surface area contributed by atoms with Crippen molar-refractivity contribution >= 4 is 28.5 Å². The maximum Gasteiger partial charge on any atom is 0.320 e. The fourth-order valence-corrected chi connectivity index (χ4v) is 5.17. The molecule has 9 nitrogen and oxygen atoms in total. The minimum Gasteiger partial charge on any atom is -0.507 e. The lowest BCUT2D eigenvalue weighted by atomic mass is 10.1. The van der Waals surface area contributed by atoms with Gasteiger partial charge in [0.15, 0.2) is 11.8 Å². The van der Waals surface area contributed by atoms with E-state index >= 15 is 0 Å². The minimum atomic E-state index is -0.639. The summed E-state index contributed by atoms with van der Waals surface area (Å²) in [5, 5.41) is 20.4. The largest absolute Gasteiger partial charge is 0.507 e. The molecule has 2 fully saturated rings. The molecule has 1 aromatic carbocycles. The first-order valence-corrected chi connectivity index (χ1v) is 12.3. The van der Waals surface area contributed by atoms with Crippen molar-refractivity contribution in [3.05, 3.63) is 35.1 Å². The zero-order valence-corrected chi connectivity index (χ0v) is 20.9. The van der Waals surface area contributed by atoms with Crippen LogP contribution in [-0.4, -0.2) is 81.8 Å². The number of likely N-dealkylation sites (tertiary alicyclic amines) is 1.